The Hall–Kier alpha value is -3.55. The molecule has 4 heteroatoms. The molecule has 156 valence electrons. The van der Waals surface area contributed by atoms with Crippen molar-refractivity contribution in [2.45, 2.75) is 13.1 Å². The van der Waals surface area contributed by atoms with E-state index in [0.717, 1.165) is 11.3 Å². The maximum Gasteiger partial charge on any atom is 0.258 e. The minimum Gasteiger partial charge on any atom is -0.269 e. The summed E-state index contributed by atoms with van der Waals surface area (Å²) in [6.07, 6.45) is 2.53. The quantitative estimate of drug-likeness (QED) is 0.381. The van der Waals surface area contributed by atoms with Crippen molar-refractivity contribution in [1.82, 2.24) is 9.38 Å². The number of aromatic nitrogens is 2. The molecule has 0 aliphatic rings. The van der Waals surface area contributed by atoms with Crippen LogP contribution in [0, 0.1) is 6.92 Å². The van der Waals surface area contributed by atoms with Gasteiger partial charge in [-0.1, -0.05) is 60.7 Å². The first-order chi connectivity index (χ1) is 15.7. The molecule has 0 atom stereocenters. The van der Waals surface area contributed by atoms with Crippen LogP contribution in [0.3, 0.4) is 0 Å². The number of rotatable bonds is 5. The van der Waals surface area contributed by atoms with E-state index in [2.05, 4.69) is 91.0 Å². The standard InChI is InChI=1S/C28H24N2OP/c1-22-17-18-27-29-23(19-28(31)30(27)20-22)21-32(24-11-5-2-6-12-24,25-13-7-3-8-14-25)26-15-9-4-10-16-26/h2-20H,21H2,1H3/q+1. The Labute approximate surface area is 188 Å². The molecule has 32 heavy (non-hydrogen) atoms. The molecule has 0 aliphatic carbocycles. The average Bonchev–Trinajstić information content (AvgIpc) is 2.85. The zero-order valence-electron chi connectivity index (χ0n) is 17.9. The molecule has 2 heterocycles. The Bertz CT molecular complexity index is 1320. The summed E-state index contributed by atoms with van der Waals surface area (Å²) in [7, 11) is -2.09. The Kier molecular flexibility index (Phi) is 5.43. The Balaban J connectivity index is 1.78. The van der Waals surface area contributed by atoms with Crippen LogP contribution in [0.5, 0.6) is 0 Å². The van der Waals surface area contributed by atoms with Crippen LogP contribution in [0.1, 0.15) is 11.3 Å². The van der Waals surface area contributed by atoms with Gasteiger partial charge in [-0.2, -0.15) is 0 Å². The van der Waals surface area contributed by atoms with Crippen molar-refractivity contribution < 1.29 is 0 Å². The van der Waals surface area contributed by atoms with E-state index in [1.54, 1.807) is 10.5 Å². The van der Waals surface area contributed by atoms with Crippen molar-refractivity contribution in [1.29, 1.82) is 0 Å². The fourth-order valence-electron chi connectivity index (χ4n) is 4.35. The average molecular weight is 435 g/mol. The van der Waals surface area contributed by atoms with Crippen LogP contribution in [-0.4, -0.2) is 9.38 Å². The molecule has 0 unspecified atom stereocenters. The van der Waals surface area contributed by atoms with Gasteiger partial charge < -0.3 is 0 Å². The summed E-state index contributed by atoms with van der Waals surface area (Å²) in [4.78, 5) is 17.9. The first-order valence-corrected chi connectivity index (χ1v) is 12.7. The molecule has 5 rings (SSSR count). The van der Waals surface area contributed by atoms with Crippen LogP contribution >= 0.6 is 7.26 Å². The molecule has 0 saturated carbocycles. The fourth-order valence-corrected chi connectivity index (χ4v) is 8.48. The number of hydrogen-bond donors (Lipinski definition) is 0. The number of aryl methyl sites for hydroxylation is 1. The molecule has 0 fully saturated rings. The fraction of sp³-hybridized carbons (Fsp3) is 0.0714. The summed E-state index contributed by atoms with van der Waals surface area (Å²) in [6.45, 7) is 1.98. The number of fused-ring (bicyclic) bond motifs is 1. The van der Waals surface area contributed by atoms with E-state index in [1.165, 1.54) is 15.9 Å². The molecule has 3 nitrogen and oxygen atoms in total. The zero-order valence-corrected chi connectivity index (χ0v) is 18.8. The van der Waals surface area contributed by atoms with Crippen LogP contribution in [0.15, 0.2) is 120 Å². The Morgan fingerprint density at radius 2 is 1.22 bits per heavy atom. The highest BCUT2D eigenvalue weighted by atomic mass is 31.2. The summed E-state index contributed by atoms with van der Waals surface area (Å²) >= 11 is 0. The van der Waals surface area contributed by atoms with Gasteiger partial charge in [0.25, 0.3) is 5.56 Å². The lowest BCUT2D eigenvalue weighted by Crippen LogP contribution is -2.33. The summed E-state index contributed by atoms with van der Waals surface area (Å²) in [5.74, 6) is 0. The largest absolute Gasteiger partial charge is 0.269 e. The van der Waals surface area contributed by atoms with Crippen molar-refractivity contribution in [3.63, 3.8) is 0 Å². The van der Waals surface area contributed by atoms with E-state index in [9.17, 15) is 4.79 Å². The van der Waals surface area contributed by atoms with Gasteiger partial charge in [0, 0.05) is 12.3 Å². The third-order valence-electron chi connectivity index (χ3n) is 5.85. The SMILES string of the molecule is Cc1ccc2nc(C[P+](c3ccccc3)(c3ccccc3)c3ccccc3)cc(=O)n2c1. The lowest BCUT2D eigenvalue weighted by Gasteiger charge is -2.27. The topological polar surface area (TPSA) is 34.4 Å². The van der Waals surface area contributed by atoms with Gasteiger partial charge in [-0.15, -0.1) is 0 Å². The normalized spacial score (nSPS) is 11.5. The predicted molar refractivity (Wildman–Crippen MR) is 135 cm³/mol. The van der Waals surface area contributed by atoms with Gasteiger partial charge in [0.2, 0.25) is 0 Å². The van der Waals surface area contributed by atoms with Gasteiger partial charge in [-0.25, -0.2) is 4.98 Å². The van der Waals surface area contributed by atoms with Crippen molar-refractivity contribution in [2.24, 2.45) is 0 Å². The van der Waals surface area contributed by atoms with Crippen LogP contribution < -0.4 is 21.5 Å². The van der Waals surface area contributed by atoms with Gasteiger partial charge in [0.05, 0.1) is 5.69 Å². The van der Waals surface area contributed by atoms with Gasteiger partial charge in [-0.05, 0) is 55.0 Å². The maximum atomic E-state index is 13.0. The van der Waals surface area contributed by atoms with Gasteiger partial charge in [-0.3, -0.25) is 9.20 Å². The van der Waals surface area contributed by atoms with E-state index in [-0.39, 0.29) is 5.56 Å². The highest BCUT2D eigenvalue weighted by molar-refractivity contribution is 7.95. The summed E-state index contributed by atoms with van der Waals surface area (Å²) in [6, 6.07) is 37.7. The third kappa shape index (κ3) is 3.66. The number of hydrogen-bond acceptors (Lipinski definition) is 2. The summed E-state index contributed by atoms with van der Waals surface area (Å²) in [5, 5.41) is 3.84. The smallest absolute Gasteiger partial charge is 0.258 e. The van der Waals surface area contributed by atoms with Crippen molar-refractivity contribution in [3.8, 4) is 0 Å². The molecule has 0 bridgehead atoms. The van der Waals surface area contributed by atoms with E-state index in [4.69, 9.17) is 4.98 Å². The third-order valence-corrected chi connectivity index (χ3v) is 10.2. The van der Waals surface area contributed by atoms with E-state index < -0.39 is 7.26 Å². The van der Waals surface area contributed by atoms with Crippen LogP contribution in [0.4, 0.5) is 0 Å². The molecular formula is C28H24N2OP+. The van der Waals surface area contributed by atoms with Crippen LogP contribution in [0.25, 0.3) is 5.65 Å². The highest BCUT2D eigenvalue weighted by Gasteiger charge is 2.45. The minimum atomic E-state index is -2.09. The Morgan fingerprint density at radius 1 is 0.719 bits per heavy atom. The first-order valence-electron chi connectivity index (χ1n) is 10.7. The second kappa shape index (κ2) is 8.53. The number of nitrogens with zero attached hydrogens (tertiary/aromatic N) is 2. The first kappa shape index (κ1) is 20.4. The van der Waals surface area contributed by atoms with Crippen molar-refractivity contribution in [2.75, 3.05) is 0 Å². The van der Waals surface area contributed by atoms with Crippen LogP contribution in [-0.2, 0) is 6.16 Å². The van der Waals surface area contributed by atoms with Crippen molar-refractivity contribution in [3.05, 3.63) is 137 Å². The van der Waals surface area contributed by atoms with Gasteiger partial charge in [0.15, 0.2) is 0 Å². The van der Waals surface area contributed by atoms with Gasteiger partial charge >= 0.3 is 0 Å². The molecule has 5 aromatic rings. The number of benzene rings is 3. The summed E-state index contributed by atoms with van der Waals surface area (Å²) in [5.41, 5.74) is 2.50. The molecule has 0 saturated heterocycles. The molecule has 0 N–H and O–H groups in total. The zero-order chi connectivity index (χ0) is 22.0. The molecule has 0 radical (unpaired) electrons. The molecule has 0 aliphatic heterocycles. The van der Waals surface area contributed by atoms with E-state index in [1.807, 2.05) is 25.3 Å². The lowest BCUT2D eigenvalue weighted by molar-refractivity contribution is 1.000. The maximum absolute atomic E-state index is 13.0. The molecule has 0 amide bonds. The number of pyridine rings is 1. The lowest BCUT2D eigenvalue weighted by atomic mass is 10.3. The van der Waals surface area contributed by atoms with Gasteiger partial charge in [0.1, 0.15) is 35.0 Å². The second-order valence-corrected chi connectivity index (χ2v) is 11.5. The Morgan fingerprint density at radius 3 is 1.72 bits per heavy atom. The monoisotopic (exact) mass is 435 g/mol. The highest BCUT2D eigenvalue weighted by Crippen LogP contribution is 2.57. The molecule has 0 spiro atoms. The predicted octanol–water partition coefficient (Wildman–Crippen LogP) is 4.50. The second-order valence-electron chi connectivity index (χ2n) is 7.99. The minimum absolute atomic E-state index is 0.0408. The van der Waals surface area contributed by atoms with E-state index >= 15 is 0 Å². The van der Waals surface area contributed by atoms with Crippen molar-refractivity contribution >= 4 is 28.8 Å². The molecule has 2 aromatic heterocycles. The summed E-state index contributed by atoms with van der Waals surface area (Å²) < 4.78 is 1.63. The molecular weight excluding hydrogens is 411 g/mol. The molecule has 3 aromatic carbocycles. The van der Waals surface area contributed by atoms with E-state index in [0.29, 0.717) is 11.8 Å². The van der Waals surface area contributed by atoms with Crippen LogP contribution in [0.2, 0.25) is 0 Å².